The van der Waals surface area contributed by atoms with Crippen molar-refractivity contribution in [2.75, 3.05) is 69.1 Å². The number of fused-ring (bicyclic) bond motifs is 4. The monoisotopic (exact) mass is 1640 g/mol. The quantitative estimate of drug-likeness (QED) is 0.0234. The van der Waals surface area contributed by atoms with Crippen LogP contribution in [-0.4, -0.2) is 138 Å². The number of aryl methyl sites for hydroxylation is 1. The molecule has 4 N–H and O–H groups in total. The van der Waals surface area contributed by atoms with E-state index >= 15 is 0 Å². The smallest absolute Gasteiger partial charge is 0.296 e. The number of carbonyl (C=O) groups excluding carboxylic acids is 2. The summed E-state index contributed by atoms with van der Waals surface area (Å²) in [6, 6.07) is 42.8. The number of nitriles is 2. The molecule has 0 bridgehead atoms. The molecule has 13 rings (SSSR count). The van der Waals surface area contributed by atoms with Gasteiger partial charge in [-0.05, 0) is 152 Å². The minimum absolute atomic E-state index is 0.00429. The molecule has 33 heteroatoms. The summed E-state index contributed by atoms with van der Waals surface area (Å²) >= 11 is 0. The second-order valence-corrected chi connectivity index (χ2v) is 37.5. The molecule has 13 aromatic rings. The minimum Gasteiger partial charge on any atom is -0.496 e. The number of anilines is 2. The molecular weight excluding hydrogens is 1570 g/mol. The number of halogens is 4. The Morgan fingerprint density at radius 2 is 0.939 bits per heavy atom. The molecule has 2 amide bonds. The Bertz CT molecular complexity index is 6300. The van der Waals surface area contributed by atoms with E-state index in [1.165, 1.54) is 125 Å². The van der Waals surface area contributed by atoms with Crippen molar-refractivity contribution in [2.45, 2.75) is 62.9 Å². The third kappa shape index (κ3) is 18.9. The van der Waals surface area contributed by atoms with Crippen molar-refractivity contribution in [3.63, 3.8) is 0 Å². The van der Waals surface area contributed by atoms with Crippen LogP contribution in [-0.2, 0) is 34.3 Å². The highest BCUT2D eigenvalue weighted by Gasteiger charge is 2.33. The molecule has 0 saturated heterocycles. The molecule has 0 aliphatic rings. The Balaban J connectivity index is 0.000000214. The average Bonchev–Trinajstić information content (AvgIpc) is 1.62. The van der Waals surface area contributed by atoms with Gasteiger partial charge in [-0.15, -0.1) is 0 Å². The van der Waals surface area contributed by atoms with Gasteiger partial charge in [0.1, 0.15) is 56.9 Å². The number of carbonyl (C=O) groups is 2. The summed E-state index contributed by atoms with van der Waals surface area (Å²) in [5.41, 5.74) is 6.52. The Labute approximate surface area is 659 Å². The summed E-state index contributed by atoms with van der Waals surface area (Å²) in [7, 11) is -8.11. The Hall–Kier alpha value is -12.2. The molecule has 596 valence electrons. The topological polar surface area (TPSA) is 361 Å². The van der Waals surface area contributed by atoms with Gasteiger partial charge in [0.15, 0.2) is 30.9 Å². The number of hydrogen-bond acceptors (Lipinski definition) is 21. The zero-order valence-corrected chi connectivity index (χ0v) is 67.0. The summed E-state index contributed by atoms with van der Waals surface area (Å²) in [6.45, 7) is 6.43. The van der Waals surface area contributed by atoms with Gasteiger partial charge in [-0.2, -0.15) is 13.7 Å². The predicted molar refractivity (Wildman–Crippen MR) is 429 cm³/mol. The molecule has 25 nitrogen and oxygen atoms in total. The number of aromatic nitrogens is 2. The molecule has 0 radical (unpaired) electrons. The van der Waals surface area contributed by atoms with Gasteiger partial charge >= 0.3 is 0 Å². The summed E-state index contributed by atoms with van der Waals surface area (Å²) < 4.78 is 180. The van der Waals surface area contributed by atoms with Crippen LogP contribution < -0.4 is 28.7 Å². The highest BCUT2D eigenvalue weighted by Crippen LogP contribution is 2.47. The van der Waals surface area contributed by atoms with E-state index in [1.807, 2.05) is 25.7 Å². The summed E-state index contributed by atoms with van der Waals surface area (Å²) in [6.07, 6.45) is -1.03. The van der Waals surface area contributed by atoms with Crippen molar-refractivity contribution in [2.24, 2.45) is 0 Å². The van der Waals surface area contributed by atoms with Crippen LogP contribution in [0.3, 0.4) is 0 Å². The number of amides is 2. The molecule has 2 unspecified atom stereocenters. The Kier molecular flexibility index (Phi) is 25.2. The van der Waals surface area contributed by atoms with Gasteiger partial charge in [0, 0.05) is 71.4 Å². The van der Waals surface area contributed by atoms with Crippen molar-refractivity contribution in [1.29, 1.82) is 10.5 Å². The standard InChI is InChI=1S/C42H37F2N3O10S2.C36H30F2N4O7S.C4H9NSi/c1-24-8-15-29(16-9-24)59(52,53)55-19-18-28(48)23-47(58(4,50)51)34-22-37-31(38(41(49)45-2)40(56-37)25-10-13-27(43)14-11-25)21-30(34)26-12-17-35(54-3)32(20-26)42-46-39-33(44)6-5-7-36(39)57-42;1-40-35(44)32-25-17-24(21-11-14-29(47-2)26(16-21)36-41-33-27(38)7-4-8-30(33)49-36)28(42(50(3,45)46)19-23(43)6-5-15-39)18-31(25)48-34(32)20-9-12-22(37)13-10-20;1-6(2,3)4-5/h5-17,20-22,28,48H,18-19,23H2,1-4H3,(H,45,49);4,7-14,16-18,23,43H,5-6,19H2,1-3H3,(H,40,44);1-3H3. The van der Waals surface area contributed by atoms with Gasteiger partial charge in [0.25, 0.3) is 21.9 Å². The highest BCUT2D eigenvalue weighted by atomic mass is 32.2. The lowest BCUT2D eigenvalue weighted by atomic mass is 9.96. The first kappa shape index (κ1) is 83.7. The van der Waals surface area contributed by atoms with Gasteiger partial charge < -0.3 is 48.0 Å². The van der Waals surface area contributed by atoms with Crippen molar-refractivity contribution in [3.05, 3.63) is 210 Å². The van der Waals surface area contributed by atoms with E-state index in [2.05, 4.69) is 26.3 Å². The molecule has 0 saturated carbocycles. The van der Waals surface area contributed by atoms with E-state index in [4.69, 9.17) is 41.8 Å². The normalized spacial score (nSPS) is 12.3. The first-order valence-corrected chi connectivity index (χ1v) is 43.9. The fourth-order valence-corrected chi connectivity index (χ4v) is 15.1. The van der Waals surface area contributed by atoms with Crippen molar-refractivity contribution in [3.8, 4) is 91.1 Å². The van der Waals surface area contributed by atoms with E-state index < -0.39 is 105 Å². The highest BCUT2D eigenvalue weighted by molar-refractivity contribution is 7.92. The van der Waals surface area contributed by atoms with Crippen LogP contribution in [0.1, 0.15) is 45.5 Å². The summed E-state index contributed by atoms with van der Waals surface area (Å²) in [5, 5.41) is 45.1. The summed E-state index contributed by atoms with van der Waals surface area (Å²) in [5.74, 6) is -2.45. The number of nitrogens with one attached hydrogen (secondary N) is 2. The lowest BCUT2D eigenvalue weighted by Crippen LogP contribution is -2.37. The van der Waals surface area contributed by atoms with Gasteiger partial charge in [0.05, 0.1) is 103 Å². The third-order valence-corrected chi connectivity index (χ3v) is 22.3. The molecule has 0 aliphatic heterocycles. The van der Waals surface area contributed by atoms with Gasteiger partial charge in [0.2, 0.25) is 31.8 Å². The number of sulfonamides is 2. The zero-order chi connectivity index (χ0) is 83.2. The largest absolute Gasteiger partial charge is 0.496 e. The minimum atomic E-state index is -4.24. The zero-order valence-electron chi connectivity index (χ0n) is 63.5. The summed E-state index contributed by atoms with van der Waals surface area (Å²) in [4.78, 5) is 35.5. The second-order valence-electron chi connectivity index (χ2n) is 27.4. The number of para-hydroxylation sites is 2. The Morgan fingerprint density at radius 3 is 1.30 bits per heavy atom. The first-order valence-electron chi connectivity index (χ1n) is 35.3. The van der Waals surface area contributed by atoms with Crippen LogP contribution >= 0.6 is 0 Å². The molecule has 115 heavy (non-hydrogen) atoms. The van der Waals surface area contributed by atoms with E-state index in [9.17, 15) is 62.6 Å². The number of benzene rings is 9. The molecule has 4 heterocycles. The van der Waals surface area contributed by atoms with E-state index in [-0.39, 0.29) is 126 Å². The van der Waals surface area contributed by atoms with Crippen LogP contribution in [0.2, 0.25) is 19.6 Å². The lowest BCUT2D eigenvalue weighted by Gasteiger charge is -2.27. The fraction of sp³-hybridized carbons (Fsp3) is 0.220. The second kappa shape index (κ2) is 34.6. The van der Waals surface area contributed by atoms with Crippen LogP contribution in [0.15, 0.2) is 192 Å². The predicted octanol–water partition coefficient (Wildman–Crippen LogP) is 15.5. The number of aliphatic hydroxyl groups is 2. The molecule has 9 aromatic carbocycles. The maximum atomic E-state index is 14.7. The van der Waals surface area contributed by atoms with Crippen molar-refractivity contribution in [1.82, 2.24) is 20.6 Å². The van der Waals surface area contributed by atoms with E-state index in [0.717, 1.165) is 26.7 Å². The number of nitrogens with zero attached hydrogens (tertiary/aromatic N) is 6. The number of methoxy groups -OCH3 is 2. The molecule has 0 aliphatic carbocycles. The number of oxazole rings is 2. The SMILES string of the molecule is CNC(=O)c1c(-c2ccc(F)cc2)oc2cc(N(CC(O)CCC#N)S(C)(=O)=O)c(-c3ccc(OC)c(-c4nc5c(F)cccc5o4)c3)cc12.CNC(=O)c1c(-c2ccc(F)cc2)oc2cc(N(CC(O)CCOS(=O)(=O)c3ccc(C)cc3)S(C)(=O)=O)c(-c3ccc(OC)c(-c4nc5c(F)cccc5o4)c3)cc12.C[Si](C)(C)C#N. The van der Waals surface area contributed by atoms with Crippen molar-refractivity contribution >= 4 is 106 Å². The molecule has 0 fully saturated rings. The van der Waals surface area contributed by atoms with Gasteiger partial charge in [-0.1, -0.05) is 61.6 Å². The number of hydrogen-bond donors (Lipinski definition) is 4. The van der Waals surface area contributed by atoms with Crippen LogP contribution in [0.4, 0.5) is 28.9 Å². The average molecular weight is 1650 g/mol. The fourth-order valence-electron chi connectivity index (χ4n) is 12.3. The number of furan rings is 2. The van der Waals surface area contributed by atoms with E-state index in [0.29, 0.717) is 44.5 Å². The third-order valence-electron chi connectivity index (χ3n) is 18.0. The molecule has 4 aromatic heterocycles. The lowest BCUT2D eigenvalue weighted by molar-refractivity contribution is 0.0956. The van der Waals surface area contributed by atoms with Gasteiger partial charge in [-0.25, -0.2) is 49.6 Å². The van der Waals surface area contributed by atoms with Crippen LogP contribution in [0.25, 0.3) is 112 Å². The number of rotatable bonds is 25. The molecule has 2 atom stereocenters. The van der Waals surface area contributed by atoms with E-state index in [1.54, 1.807) is 79.7 Å². The van der Waals surface area contributed by atoms with Gasteiger partial charge in [-0.3, -0.25) is 22.4 Å². The maximum Gasteiger partial charge on any atom is 0.296 e. The van der Waals surface area contributed by atoms with Crippen LogP contribution in [0, 0.1) is 52.5 Å². The Morgan fingerprint density at radius 1 is 0.539 bits per heavy atom. The molecular formula is C82H76F4N8O17S3Si. The first-order chi connectivity index (χ1) is 54.6. The van der Waals surface area contributed by atoms with Crippen molar-refractivity contribution < 1.29 is 93.9 Å². The number of ether oxygens (including phenoxy) is 2. The van der Waals surface area contributed by atoms with Crippen LogP contribution in [0.5, 0.6) is 11.5 Å². The maximum absolute atomic E-state index is 14.7. The number of aliphatic hydroxyl groups excluding tert-OH is 2. The molecule has 0 spiro atoms.